The minimum Gasteiger partial charge on any atom is -0.497 e. The van der Waals surface area contributed by atoms with Gasteiger partial charge >= 0.3 is 0 Å². The molecule has 1 aliphatic rings. The first-order chi connectivity index (χ1) is 13.2. The zero-order valence-corrected chi connectivity index (χ0v) is 15.7. The number of para-hydroxylation sites is 1. The number of hydrogen-bond donors (Lipinski definition) is 0. The summed E-state index contributed by atoms with van der Waals surface area (Å²) in [4.78, 5) is 15.2. The van der Waals surface area contributed by atoms with Gasteiger partial charge < -0.3 is 14.1 Å². The van der Waals surface area contributed by atoms with E-state index in [1.165, 1.54) is 12.0 Å². The fraction of sp³-hybridized carbons (Fsp3) is 0.348. The lowest BCUT2D eigenvalue weighted by molar-refractivity contribution is -0.133. The Bertz CT molecular complexity index is 880. The molecule has 1 amide bonds. The van der Waals surface area contributed by atoms with Gasteiger partial charge in [0.25, 0.3) is 0 Å². The Morgan fingerprint density at radius 1 is 1.11 bits per heavy atom. The first kappa shape index (κ1) is 17.7. The van der Waals surface area contributed by atoms with Crippen LogP contribution in [0.4, 0.5) is 0 Å². The van der Waals surface area contributed by atoms with Gasteiger partial charge in [-0.05, 0) is 42.7 Å². The summed E-state index contributed by atoms with van der Waals surface area (Å²) in [5.74, 6) is 1.71. The highest BCUT2D eigenvalue weighted by molar-refractivity contribution is 5.82. The smallest absolute Gasteiger partial charge is 0.230 e. The maximum atomic E-state index is 13.1. The normalized spacial score (nSPS) is 17.7. The molecule has 2 heterocycles. The van der Waals surface area contributed by atoms with E-state index in [1.807, 2.05) is 47.4 Å². The van der Waals surface area contributed by atoms with Crippen LogP contribution in [0.2, 0.25) is 0 Å². The summed E-state index contributed by atoms with van der Waals surface area (Å²) >= 11 is 0. The molecule has 4 heteroatoms. The molecule has 27 heavy (non-hydrogen) atoms. The van der Waals surface area contributed by atoms with E-state index in [0.717, 1.165) is 48.3 Å². The molecule has 0 spiro atoms. The fourth-order valence-electron chi connectivity index (χ4n) is 3.95. The van der Waals surface area contributed by atoms with Gasteiger partial charge in [-0.15, -0.1) is 0 Å². The van der Waals surface area contributed by atoms with E-state index >= 15 is 0 Å². The van der Waals surface area contributed by atoms with Crippen LogP contribution in [0.5, 0.6) is 5.75 Å². The van der Waals surface area contributed by atoms with Crippen LogP contribution in [0, 0.1) is 0 Å². The molecule has 0 N–H and O–H groups in total. The van der Waals surface area contributed by atoms with Crippen molar-refractivity contribution in [2.24, 2.45) is 0 Å². The van der Waals surface area contributed by atoms with Gasteiger partial charge in [-0.1, -0.05) is 43.2 Å². The lowest BCUT2D eigenvalue weighted by Gasteiger charge is -2.30. The lowest BCUT2D eigenvalue weighted by Crippen LogP contribution is -2.35. The van der Waals surface area contributed by atoms with Crippen molar-refractivity contribution in [3.8, 4) is 5.75 Å². The summed E-state index contributed by atoms with van der Waals surface area (Å²) in [6, 6.07) is 18.1. The first-order valence-electron chi connectivity index (χ1n) is 9.65. The summed E-state index contributed by atoms with van der Waals surface area (Å²) in [5, 5.41) is 1.04. The van der Waals surface area contributed by atoms with E-state index in [0.29, 0.717) is 6.42 Å². The van der Waals surface area contributed by atoms with Crippen LogP contribution < -0.4 is 4.74 Å². The highest BCUT2D eigenvalue weighted by Crippen LogP contribution is 2.32. The maximum absolute atomic E-state index is 13.1. The van der Waals surface area contributed by atoms with Crippen LogP contribution in [-0.4, -0.2) is 24.5 Å². The molecule has 1 aromatic heterocycles. The van der Waals surface area contributed by atoms with Gasteiger partial charge in [-0.25, -0.2) is 0 Å². The van der Waals surface area contributed by atoms with Crippen LogP contribution in [0.3, 0.4) is 0 Å². The number of likely N-dealkylation sites (tertiary alicyclic amines) is 1. The van der Waals surface area contributed by atoms with Crippen LogP contribution in [0.1, 0.15) is 43.0 Å². The van der Waals surface area contributed by atoms with Crippen molar-refractivity contribution in [2.45, 2.75) is 38.1 Å². The predicted octanol–water partition coefficient (Wildman–Crippen LogP) is 5.13. The molecular formula is C23H25NO3. The summed E-state index contributed by atoms with van der Waals surface area (Å²) < 4.78 is 11.1. The van der Waals surface area contributed by atoms with E-state index in [-0.39, 0.29) is 11.9 Å². The van der Waals surface area contributed by atoms with Crippen molar-refractivity contribution in [3.05, 3.63) is 65.9 Å². The molecule has 3 aromatic rings. The van der Waals surface area contributed by atoms with Crippen molar-refractivity contribution in [3.63, 3.8) is 0 Å². The van der Waals surface area contributed by atoms with Crippen LogP contribution >= 0.6 is 0 Å². The van der Waals surface area contributed by atoms with E-state index in [9.17, 15) is 4.79 Å². The Balaban J connectivity index is 1.56. The van der Waals surface area contributed by atoms with Crippen LogP contribution in [0.25, 0.3) is 11.0 Å². The molecular weight excluding hydrogens is 338 g/mol. The van der Waals surface area contributed by atoms with Gasteiger partial charge in [0.1, 0.15) is 17.1 Å². The summed E-state index contributed by atoms with van der Waals surface area (Å²) in [7, 11) is 1.67. The largest absolute Gasteiger partial charge is 0.497 e. The third-order valence-corrected chi connectivity index (χ3v) is 5.38. The van der Waals surface area contributed by atoms with Gasteiger partial charge in [-0.2, -0.15) is 0 Å². The number of rotatable bonds is 4. The molecule has 1 atom stereocenters. The molecule has 0 saturated carbocycles. The van der Waals surface area contributed by atoms with Crippen molar-refractivity contribution in [1.82, 2.24) is 4.90 Å². The molecule has 4 rings (SSSR count). The average molecular weight is 363 g/mol. The van der Waals surface area contributed by atoms with Crippen molar-refractivity contribution >= 4 is 16.9 Å². The summed E-state index contributed by atoms with van der Waals surface area (Å²) in [6.07, 6.45) is 4.67. The average Bonchev–Trinajstić information content (AvgIpc) is 2.94. The lowest BCUT2D eigenvalue weighted by atomic mass is 10.00. The minimum atomic E-state index is 0.121. The molecule has 140 valence electrons. The molecule has 4 nitrogen and oxygen atoms in total. The predicted molar refractivity (Wildman–Crippen MR) is 106 cm³/mol. The highest BCUT2D eigenvalue weighted by Gasteiger charge is 2.27. The number of carbonyl (C=O) groups excluding carboxylic acids is 1. The summed E-state index contributed by atoms with van der Waals surface area (Å²) in [6.45, 7) is 0.801. The number of benzene rings is 2. The second-order valence-corrected chi connectivity index (χ2v) is 7.15. The van der Waals surface area contributed by atoms with Crippen molar-refractivity contribution < 1.29 is 13.9 Å². The zero-order chi connectivity index (χ0) is 18.6. The van der Waals surface area contributed by atoms with E-state index in [4.69, 9.17) is 9.15 Å². The van der Waals surface area contributed by atoms with Crippen LogP contribution in [-0.2, 0) is 11.2 Å². The fourth-order valence-corrected chi connectivity index (χ4v) is 3.95. The van der Waals surface area contributed by atoms with E-state index < -0.39 is 0 Å². The van der Waals surface area contributed by atoms with Gasteiger partial charge in [0.2, 0.25) is 5.91 Å². The number of carbonyl (C=O) groups is 1. The molecule has 0 aliphatic carbocycles. The molecule has 0 bridgehead atoms. The number of methoxy groups -OCH3 is 1. The highest BCUT2D eigenvalue weighted by atomic mass is 16.5. The Morgan fingerprint density at radius 2 is 1.93 bits per heavy atom. The zero-order valence-electron chi connectivity index (χ0n) is 15.7. The third-order valence-electron chi connectivity index (χ3n) is 5.38. The molecule has 1 saturated heterocycles. The first-order valence-corrected chi connectivity index (χ1v) is 9.65. The standard InChI is InChI=1S/C23H25NO3/c1-26-19-12-10-17(11-13-19)21-8-3-2-6-14-24(21)23(25)16-20-15-18-7-4-5-9-22(18)27-20/h4-5,7,9-13,15,21H,2-3,6,8,14,16H2,1H3/t21-/m1/s1. The Morgan fingerprint density at radius 3 is 2.70 bits per heavy atom. The number of furan rings is 1. The van der Waals surface area contributed by atoms with Gasteiger partial charge in [-0.3, -0.25) is 4.79 Å². The number of amides is 1. The van der Waals surface area contributed by atoms with Gasteiger partial charge in [0, 0.05) is 11.9 Å². The number of hydrogen-bond acceptors (Lipinski definition) is 3. The van der Waals surface area contributed by atoms with Gasteiger partial charge in [0.05, 0.1) is 19.6 Å². The molecule has 1 fully saturated rings. The topological polar surface area (TPSA) is 42.7 Å². The Kier molecular flexibility index (Phi) is 5.14. The summed E-state index contributed by atoms with van der Waals surface area (Å²) in [5.41, 5.74) is 2.01. The van der Waals surface area contributed by atoms with Crippen molar-refractivity contribution in [1.29, 1.82) is 0 Å². The molecule has 2 aromatic carbocycles. The number of fused-ring (bicyclic) bond motifs is 1. The third kappa shape index (κ3) is 3.85. The molecule has 0 radical (unpaired) electrons. The number of nitrogens with zero attached hydrogens (tertiary/aromatic N) is 1. The monoisotopic (exact) mass is 363 g/mol. The minimum absolute atomic E-state index is 0.121. The number of ether oxygens (including phenoxy) is 1. The van der Waals surface area contributed by atoms with Crippen molar-refractivity contribution in [2.75, 3.05) is 13.7 Å². The van der Waals surface area contributed by atoms with E-state index in [2.05, 4.69) is 12.1 Å². The maximum Gasteiger partial charge on any atom is 0.230 e. The molecule has 1 aliphatic heterocycles. The van der Waals surface area contributed by atoms with Gasteiger partial charge in [0.15, 0.2) is 0 Å². The SMILES string of the molecule is COc1ccc([C@H]2CCCCCN2C(=O)Cc2cc3ccccc3o2)cc1. The second kappa shape index (κ2) is 7.87. The quantitative estimate of drug-likeness (QED) is 0.645. The second-order valence-electron chi connectivity index (χ2n) is 7.15. The Labute approximate surface area is 159 Å². The van der Waals surface area contributed by atoms with E-state index in [1.54, 1.807) is 7.11 Å². The Hall–Kier alpha value is -2.75. The molecule has 0 unspecified atom stereocenters. The van der Waals surface area contributed by atoms with Crippen LogP contribution in [0.15, 0.2) is 59.0 Å².